The average Bonchev–Trinajstić information content (AvgIpc) is 2.92. The molecule has 1 heterocycles. The predicted molar refractivity (Wildman–Crippen MR) is 108 cm³/mol. The van der Waals surface area contributed by atoms with Crippen LogP contribution in [0.15, 0.2) is 47.4 Å². The van der Waals surface area contributed by atoms with Gasteiger partial charge in [-0.1, -0.05) is 31.0 Å². The number of benzene rings is 2. The highest BCUT2D eigenvalue weighted by Gasteiger charge is 2.16. The first-order valence-corrected chi connectivity index (χ1v) is 9.99. The molecule has 5 nitrogen and oxygen atoms in total. The molecule has 0 aliphatic carbocycles. The van der Waals surface area contributed by atoms with Crippen molar-refractivity contribution >= 4 is 29.5 Å². The Morgan fingerprint density at radius 1 is 1.04 bits per heavy atom. The molecule has 1 amide bonds. The Hall–Kier alpha value is -2.31. The van der Waals surface area contributed by atoms with E-state index in [2.05, 4.69) is 9.62 Å². The Labute approximate surface area is 163 Å². The van der Waals surface area contributed by atoms with Crippen molar-refractivity contribution in [2.24, 2.45) is 0 Å². The van der Waals surface area contributed by atoms with Crippen LogP contribution in [0.25, 0.3) is 0 Å². The van der Waals surface area contributed by atoms with E-state index >= 15 is 0 Å². The molecule has 0 radical (unpaired) electrons. The van der Waals surface area contributed by atoms with Gasteiger partial charge in [0.15, 0.2) is 0 Å². The summed E-state index contributed by atoms with van der Waals surface area (Å²) in [4.78, 5) is 25.1. The van der Waals surface area contributed by atoms with Gasteiger partial charge >= 0.3 is 5.97 Å². The highest BCUT2D eigenvalue weighted by molar-refractivity contribution is 7.97. The Morgan fingerprint density at radius 3 is 2.44 bits per heavy atom. The number of amides is 1. The Bertz CT molecular complexity index is 830. The van der Waals surface area contributed by atoms with Gasteiger partial charge in [-0.25, -0.2) is 9.10 Å². The van der Waals surface area contributed by atoms with Crippen molar-refractivity contribution in [1.29, 1.82) is 0 Å². The van der Waals surface area contributed by atoms with E-state index in [1.165, 1.54) is 31.7 Å². The lowest BCUT2D eigenvalue weighted by Crippen LogP contribution is -2.17. The minimum atomic E-state index is -1.06. The lowest BCUT2D eigenvalue weighted by molar-refractivity contribution is 0.0698. The summed E-state index contributed by atoms with van der Waals surface area (Å²) in [5, 5.41) is 12.0. The van der Waals surface area contributed by atoms with Gasteiger partial charge in [-0.2, -0.15) is 0 Å². The number of carbonyl (C=O) groups is 2. The summed E-state index contributed by atoms with van der Waals surface area (Å²) in [7, 11) is 0. The highest BCUT2D eigenvalue weighted by Crippen LogP contribution is 2.29. The Kier molecular flexibility index (Phi) is 6.53. The molecule has 1 aliphatic heterocycles. The quantitative estimate of drug-likeness (QED) is 0.723. The standard InChI is InChI=1S/C21H24N2O3S/c1-15-10-11-16(14-19(15)27-23-12-6-2-3-7-13-23)20(24)22-18-9-5-4-8-17(18)21(25)26/h4-5,8-11,14H,2-3,6-7,12-13H2,1H3,(H,22,24)(H,25,26). The van der Waals surface area contributed by atoms with Gasteiger partial charge in [0.2, 0.25) is 0 Å². The van der Waals surface area contributed by atoms with Gasteiger partial charge in [-0.05, 0) is 61.5 Å². The Morgan fingerprint density at radius 2 is 1.74 bits per heavy atom. The molecule has 1 saturated heterocycles. The zero-order valence-corrected chi connectivity index (χ0v) is 16.2. The number of para-hydroxylation sites is 1. The molecule has 0 atom stereocenters. The molecule has 2 N–H and O–H groups in total. The van der Waals surface area contributed by atoms with Crippen LogP contribution in [-0.4, -0.2) is 34.4 Å². The van der Waals surface area contributed by atoms with E-state index in [-0.39, 0.29) is 11.5 Å². The lowest BCUT2D eigenvalue weighted by Gasteiger charge is -2.20. The summed E-state index contributed by atoms with van der Waals surface area (Å²) >= 11 is 1.71. The number of nitrogens with zero attached hydrogens (tertiary/aromatic N) is 1. The molecule has 2 aromatic carbocycles. The number of hydrogen-bond donors (Lipinski definition) is 2. The molecule has 1 fully saturated rings. The second-order valence-corrected chi connectivity index (χ2v) is 7.86. The van der Waals surface area contributed by atoms with Crippen LogP contribution < -0.4 is 5.32 Å². The number of nitrogens with one attached hydrogen (secondary N) is 1. The van der Waals surface area contributed by atoms with Crippen LogP contribution in [0.3, 0.4) is 0 Å². The summed E-state index contributed by atoms with van der Waals surface area (Å²) in [5.41, 5.74) is 2.04. The fraction of sp³-hybridized carbons (Fsp3) is 0.333. The topological polar surface area (TPSA) is 69.6 Å². The van der Waals surface area contributed by atoms with E-state index in [0.29, 0.717) is 11.3 Å². The van der Waals surface area contributed by atoms with E-state index in [4.69, 9.17) is 0 Å². The molecule has 0 unspecified atom stereocenters. The van der Waals surface area contributed by atoms with Crippen molar-refractivity contribution in [2.45, 2.75) is 37.5 Å². The van der Waals surface area contributed by atoms with Crippen molar-refractivity contribution in [3.63, 3.8) is 0 Å². The number of aryl methyl sites for hydroxylation is 1. The molecule has 27 heavy (non-hydrogen) atoms. The third-order valence-electron chi connectivity index (χ3n) is 4.65. The second-order valence-electron chi connectivity index (χ2n) is 6.72. The fourth-order valence-electron chi connectivity index (χ4n) is 3.08. The van der Waals surface area contributed by atoms with Crippen molar-refractivity contribution in [2.75, 3.05) is 18.4 Å². The van der Waals surface area contributed by atoms with Gasteiger partial charge in [-0.15, -0.1) is 0 Å². The largest absolute Gasteiger partial charge is 0.478 e. The van der Waals surface area contributed by atoms with Crippen LogP contribution in [0.5, 0.6) is 0 Å². The number of carboxylic acid groups (broad SMARTS) is 1. The van der Waals surface area contributed by atoms with Crippen molar-refractivity contribution in [1.82, 2.24) is 4.31 Å². The van der Waals surface area contributed by atoms with Gasteiger partial charge in [0.1, 0.15) is 0 Å². The normalized spacial score (nSPS) is 15.1. The van der Waals surface area contributed by atoms with E-state index in [1.54, 1.807) is 36.2 Å². The van der Waals surface area contributed by atoms with E-state index in [1.807, 2.05) is 19.1 Å². The monoisotopic (exact) mass is 384 g/mol. The highest BCUT2D eigenvalue weighted by atomic mass is 32.2. The summed E-state index contributed by atoms with van der Waals surface area (Å²) < 4.78 is 2.37. The minimum absolute atomic E-state index is 0.0807. The third kappa shape index (κ3) is 5.11. The van der Waals surface area contributed by atoms with E-state index in [9.17, 15) is 14.7 Å². The second kappa shape index (κ2) is 9.06. The first kappa shape index (κ1) is 19.5. The fourth-order valence-corrected chi connectivity index (χ4v) is 4.20. The Balaban J connectivity index is 1.77. The zero-order chi connectivity index (χ0) is 19.2. The third-order valence-corrected chi connectivity index (χ3v) is 5.91. The zero-order valence-electron chi connectivity index (χ0n) is 15.4. The van der Waals surface area contributed by atoms with Crippen molar-refractivity contribution < 1.29 is 14.7 Å². The molecule has 1 aliphatic rings. The maximum absolute atomic E-state index is 12.7. The average molecular weight is 385 g/mol. The molecule has 3 rings (SSSR count). The number of hydrogen-bond acceptors (Lipinski definition) is 4. The molecule has 0 aromatic heterocycles. The van der Waals surface area contributed by atoms with Gasteiger partial charge in [0.25, 0.3) is 5.91 Å². The molecule has 0 bridgehead atoms. The van der Waals surface area contributed by atoms with Crippen LogP contribution in [0.1, 0.15) is 52.0 Å². The minimum Gasteiger partial charge on any atom is -0.478 e. The maximum Gasteiger partial charge on any atom is 0.337 e. The van der Waals surface area contributed by atoms with Crippen molar-refractivity contribution in [3.8, 4) is 0 Å². The summed E-state index contributed by atoms with van der Waals surface area (Å²) in [6, 6.07) is 12.0. The van der Waals surface area contributed by atoms with Crippen LogP contribution >= 0.6 is 11.9 Å². The molecule has 2 aromatic rings. The summed E-state index contributed by atoms with van der Waals surface area (Å²) in [5.74, 6) is -1.37. The number of rotatable bonds is 5. The van der Waals surface area contributed by atoms with Crippen LogP contribution in [0.4, 0.5) is 5.69 Å². The number of anilines is 1. The molecule has 0 spiro atoms. The number of carboxylic acids is 1. The first-order valence-electron chi connectivity index (χ1n) is 9.22. The van der Waals surface area contributed by atoms with E-state index < -0.39 is 5.97 Å². The lowest BCUT2D eigenvalue weighted by atomic mass is 10.1. The van der Waals surface area contributed by atoms with Gasteiger partial charge in [0.05, 0.1) is 11.3 Å². The molecule has 0 saturated carbocycles. The van der Waals surface area contributed by atoms with Crippen LogP contribution in [-0.2, 0) is 0 Å². The maximum atomic E-state index is 12.7. The van der Waals surface area contributed by atoms with E-state index in [0.717, 1.165) is 23.5 Å². The number of carbonyl (C=O) groups excluding carboxylic acids is 1. The molecular weight excluding hydrogens is 360 g/mol. The predicted octanol–water partition coefficient (Wildman–Crippen LogP) is 4.83. The first-order chi connectivity index (χ1) is 13.0. The van der Waals surface area contributed by atoms with Crippen LogP contribution in [0.2, 0.25) is 0 Å². The SMILES string of the molecule is Cc1ccc(C(=O)Nc2ccccc2C(=O)O)cc1SN1CCCCCC1. The molecule has 142 valence electrons. The van der Waals surface area contributed by atoms with Gasteiger partial charge in [0, 0.05) is 23.5 Å². The molecule has 6 heteroatoms. The van der Waals surface area contributed by atoms with Gasteiger partial charge < -0.3 is 10.4 Å². The smallest absolute Gasteiger partial charge is 0.337 e. The van der Waals surface area contributed by atoms with Crippen molar-refractivity contribution in [3.05, 3.63) is 59.2 Å². The van der Waals surface area contributed by atoms with Crippen LogP contribution in [0, 0.1) is 6.92 Å². The molecular formula is C21H24N2O3S. The summed E-state index contributed by atoms with van der Waals surface area (Å²) in [6.45, 7) is 4.17. The van der Waals surface area contributed by atoms with Gasteiger partial charge in [-0.3, -0.25) is 4.79 Å². The summed E-state index contributed by atoms with van der Waals surface area (Å²) in [6.07, 6.45) is 4.97. The number of aromatic carboxylic acids is 1.